The van der Waals surface area contributed by atoms with Gasteiger partial charge in [0.25, 0.3) is 0 Å². The van der Waals surface area contributed by atoms with Crippen LogP contribution in [-0.2, 0) is 0 Å². The lowest BCUT2D eigenvalue weighted by Crippen LogP contribution is -2.04. The molecule has 0 radical (unpaired) electrons. The largest absolute Gasteiger partial charge is 0.385 e. The fourth-order valence-electron chi connectivity index (χ4n) is 0.994. The molecule has 0 spiro atoms. The summed E-state index contributed by atoms with van der Waals surface area (Å²) in [5.74, 6) is 0. The van der Waals surface area contributed by atoms with Gasteiger partial charge in [0.2, 0.25) is 0 Å². The Bertz CT molecular complexity index is 349. The molecule has 0 amide bonds. The van der Waals surface area contributed by atoms with Crippen LogP contribution in [0.15, 0.2) is 6.07 Å². The summed E-state index contributed by atoms with van der Waals surface area (Å²) in [5.41, 5.74) is 1.45. The number of nitrogens with zero attached hydrogens (tertiary/aromatic N) is 1. The first-order valence-electron chi connectivity index (χ1n) is 3.65. The van der Waals surface area contributed by atoms with Crippen molar-refractivity contribution in [2.45, 2.75) is 6.92 Å². The molecule has 13 heavy (non-hydrogen) atoms. The van der Waals surface area contributed by atoms with E-state index in [0.717, 1.165) is 0 Å². The predicted octanol–water partition coefficient (Wildman–Crippen LogP) is 2.82. The fourth-order valence-corrected chi connectivity index (χ4v) is 1.53. The number of rotatable bonds is 2. The molecule has 0 atom stereocenters. The monoisotopic (exact) mass is 217 g/mol. The fraction of sp³-hybridized carbons (Fsp3) is 0.250. The lowest BCUT2D eigenvalue weighted by Gasteiger charge is -2.08. The minimum atomic E-state index is 0.297. The molecule has 0 unspecified atom stereocenters. The predicted molar refractivity (Wildman–Crippen MR) is 56.3 cm³/mol. The summed E-state index contributed by atoms with van der Waals surface area (Å²) < 4.78 is 0. The highest BCUT2D eigenvalue weighted by Crippen LogP contribution is 2.27. The van der Waals surface area contributed by atoms with Crippen molar-refractivity contribution >= 4 is 34.6 Å². The molecule has 1 heterocycles. The molecule has 1 aromatic heterocycles. The minimum absolute atomic E-state index is 0.297. The Morgan fingerprint density at radius 1 is 1.54 bits per heavy atom. The molecule has 0 saturated heterocycles. The molecule has 0 bridgehead atoms. The molecule has 1 aromatic rings. The van der Waals surface area contributed by atoms with Gasteiger partial charge in [0, 0.05) is 7.05 Å². The van der Waals surface area contributed by atoms with Gasteiger partial charge in [0.15, 0.2) is 0 Å². The lowest BCUT2D eigenvalue weighted by molar-refractivity contribution is 1.25. The van der Waals surface area contributed by atoms with Gasteiger partial charge in [-0.3, -0.25) is 0 Å². The second kappa shape index (κ2) is 3.94. The Labute approximate surface area is 86.6 Å². The van der Waals surface area contributed by atoms with Gasteiger partial charge in [0.05, 0.1) is 16.4 Å². The second-order valence-electron chi connectivity index (χ2n) is 2.53. The summed E-state index contributed by atoms with van der Waals surface area (Å²) in [5, 5.41) is 11.1. The molecular weight excluding hydrogens is 209 g/mol. The number of nitrogens with one attached hydrogen (secondary N) is 2. The Hall–Kier alpha value is -0.800. The smallest absolute Gasteiger partial charge is 0.131 e. The Morgan fingerprint density at radius 3 is 2.62 bits per heavy atom. The van der Waals surface area contributed by atoms with E-state index in [1.165, 1.54) is 0 Å². The molecule has 0 saturated carbocycles. The third-order valence-electron chi connectivity index (χ3n) is 1.55. The molecular formula is C8H9Cl2N3. The van der Waals surface area contributed by atoms with E-state index in [-0.39, 0.29) is 0 Å². The van der Waals surface area contributed by atoms with Crippen molar-refractivity contribution in [2.24, 2.45) is 0 Å². The zero-order chi connectivity index (χ0) is 10.0. The van der Waals surface area contributed by atoms with Crippen LogP contribution in [0, 0.1) is 5.41 Å². The maximum atomic E-state index is 7.45. The van der Waals surface area contributed by atoms with E-state index in [1.807, 2.05) is 0 Å². The van der Waals surface area contributed by atoms with Crippen LogP contribution < -0.4 is 5.32 Å². The van der Waals surface area contributed by atoms with Gasteiger partial charge in [-0.05, 0) is 13.0 Å². The van der Waals surface area contributed by atoms with Crippen molar-refractivity contribution in [1.82, 2.24) is 4.98 Å². The molecule has 0 aliphatic carbocycles. The molecule has 0 aliphatic rings. The zero-order valence-corrected chi connectivity index (χ0v) is 8.79. The third-order valence-corrected chi connectivity index (χ3v) is 2.04. The molecule has 2 N–H and O–H groups in total. The van der Waals surface area contributed by atoms with Gasteiger partial charge in [0.1, 0.15) is 10.8 Å². The average Bonchev–Trinajstić information content (AvgIpc) is 2.02. The van der Waals surface area contributed by atoms with Crippen molar-refractivity contribution in [3.8, 4) is 0 Å². The Balaban J connectivity index is 3.38. The Morgan fingerprint density at radius 2 is 2.15 bits per heavy atom. The summed E-state index contributed by atoms with van der Waals surface area (Å²) in [6, 6.07) is 1.54. The highest BCUT2D eigenvalue weighted by molar-refractivity contribution is 6.36. The topological polar surface area (TPSA) is 48.8 Å². The zero-order valence-electron chi connectivity index (χ0n) is 7.28. The number of hydrogen-bond acceptors (Lipinski definition) is 3. The van der Waals surface area contributed by atoms with Gasteiger partial charge in [-0.15, -0.1) is 0 Å². The van der Waals surface area contributed by atoms with Crippen molar-refractivity contribution in [3.63, 3.8) is 0 Å². The van der Waals surface area contributed by atoms with Crippen LogP contribution in [0.1, 0.15) is 12.6 Å². The third kappa shape index (κ3) is 2.11. The van der Waals surface area contributed by atoms with Crippen LogP contribution in [0.3, 0.4) is 0 Å². The van der Waals surface area contributed by atoms with Crippen LogP contribution >= 0.6 is 23.2 Å². The quantitative estimate of drug-likeness (QED) is 0.592. The summed E-state index contributed by atoms with van der Waals surface area (Å²) >= 11 is 11.6. The van der Waals surface area contributed by atoms with Gasteiger partial charge in [-0.1, -0.05) is 23.2 Å². The summed E-state index contributed by atoms with van der Waals surface area (Å²) in [6.07, 6.45) is 0. The van der Waals surface area contributed by atoms with Gasteiger partial charge in [-0.2, -0.15) is 0 Å². The first-order chi connectivity index (χ1) is 6.06. The van der Waals surface area contributed by atoms with Crippen LogP contribution in [0.25, 0.3) is 0 Å². The van der Waals surface area contributed by atoms with Gasteiger partial charge >= 0.3 is 0 Å². The van der Waals surface area contributed by atoms with E-state index in [4.69, 9.17) is 28.6 Å². The maximum Gasteiger partial charge on any atom is 0.131 e. The number of hydrogen-bond donors (Lipinski definition) is 2. The standard InChI is InChI=1S/C8H9Cl2N3/c1-4(11)7-8(12-2)5(9)3-6(10)13-7/h3,11-12H,1-2H3. The van der Waals surface area contributed by atoms with E-state index in [2.05, 4.69) is 10.3 Å². The lowest BCUT2D eigenvalue weighted by atomic mass is 10.2. The second-order valence-corrected chi connectivity index (χ2v) is 3.32. The molecule has 1 rings (SSSR count). The van der Waals surface area contributed by atoms with E-state index in [1.54, 1.807) is 20.0 Å². The highest BCUT2D eigenvalue weighted by Gasteiger charge is 2.10. The number of halogens is 2. The molecule has 5 heteroatoms. The van der Waals surface area contributed by atoms with Gasteiger partial charge in [-0.25, -0.2) is 4.98 Å². The highest BCUT2D eigenvalue weighted by atomic mass is 35.5. The molecule has 70 valence electrons. The number of pyridine rings is 1. The molecule has 0 aromatic carbocycles. The van der Waals surface area contributed by atoms with Crippen molar-refractivity contribution in [2.75, 3.05) is 12.4 Å². The van der Waals surface area contributed by atoms with Crippen molar-refractivity contribution < 1.29 is 0 Å². The average molecular weight is 218 g/mol. The van der Waals surface area contributed by atoms with E-state index < -0.39 is 0 Å². The van der Waals surface area contributed by atoms with Crippen LogP contribution in [0.4, 0.5) is 5.69 Å². The summed E-state index contributed by atoms with van der Waals surface area (Å²) in [4.78, 5) is 4.00. The van der Waals surface area contributed by atoms with Crippen molar-refractivity contribution in [3.05, 3.63) is 21.9 Å². The van der Waals surface area contributed by atoms with E-state index in [9.17, 15) is 0 Å². The summed E-state index contributed by atoms with van der Waals surface area (Å²) in [7, 11) is 1.73. The van der Waals surface area contributed by atoms with E-state index >= 15 is 0 Å². The van der Waals surface area contributed by atoms with Crippen LogP contribution in [0.5, 0.6) is 0 Å². The Kier molecular flexibility index (Phi) is 3.12. The van der Waals surface area contributed by atoms with Crippen LogP contribution in [0.2, 0.25) is 10.2 Å². The van der Waals surface area contributed by atoms with Gasteiger partial charge < -0.3 is 10.7 Å². The molecule has 0 aliphatic heterocycles. The molecule has 0 fully saturated rings. The summed E-state index contributed by atoms with van der Waals surface area (Å²) in [6.45, 7) is 1.63. The van der Waals surface area contributed by atoms with Crippen molar-refractivity contribution in [1.29, 1.82) is 5.41 Å². The number of aromatic nitrogens is 1. The SMILES string of the molecule is CNc1c(Cl)cc(Cl)nc1C(C)=N. The van der Waals surface area contributed by atoms with Crippen LogP contribution in [-0.4, -0.2) is 17.7 Å². The first kappa shape index (κ1) is 10.3. The first-order valence-corrected chi connectivity index (χ1v) is 4.41. The normalized spacial score (nSPS) is 9.85. The number of anilines is 1. The molecule has 3 nitrogen and oxygen atoms in total. The maximum absolute atomic E-state index is 7.45. The van der Waals surface area contributed by atoms with E-state index in [0.29, 0.717) is 27.3 Å². The minimum Gasteiger partial charge on any atom is -0.385 e.